The van der Waals surface area contributed by atoms with Gasteiger partial charge in [0.25, 0.3) is 5.91 Å². The molecule has 1 N–H and O–H groups in total. The van der Waals surface area contributed by atoms with Gasteiger partial charge >= 0.3 is 0 Å². The summed E-state index contributed by atoms with van der Waals surface area (Å²) in [5.74, 6) is 0.292. The van der Waals surface area contributed by atoms with Crippen LogP contribution >= 0.6 is 0 Å². The summed E-state index contributed by atoms with van der Waals surface area (Å²) in [4.78, 5) is 26.8. The summed E-state index contributed by atoms with van der Waals surface area (Å²) >= 11 is 0. The molecule has 2 aromatic carbocycles. The highest BCUT2D eigenvalue weighted by Crippen LogP contribution is 2.32. The Balaban J connectivity index is 1.78. The van der Waals surface area contributed by atoms with E-state index < -0.39 is 6.04 Å². The molecular formula is C20H22N2O3. The summed E-state index contributed by atoms with van der Waals surface area (Å²) < 4.78 is 5.64. The van der Waals surface area contributed by atoms with E-state index in [4.69, 9.17) is 4.74 Å². The fourth-order valence-electron chi connectivity index (χ4n) is 3.12. The normalized spacial score (nSPS) is 15.6. The van der Waals surface area contributed by atoms with Crippen molar-refractivity contribution in [1.82, 2.24) is 5.32 Å². The third-order valence-corrected chi connectivity index (χ3v) is 4.25. The van der Waals surface area contributed by atoms with Gasteiger partial charge in [-0.05, 0) is 43.2 Å². The number of nitrogens with one attached hydrogen (secondary N) is 1. The van der Waals surface area contributed by atoms with E-state index in [1.807, 2.05) is 62.4 Å². The summed E-state index contributed by atoms with van der Waals surface area (Å²) in [6.07, 6.45) is 0.526. The molecule has 2 aromatic rings. The molecule has 25 heavy (non-hydrogen) atoms. The Kier molecular flexibility index (Phi) is 5.03. The molecule has 0 fully saturated rings. The zero-order chi connectivity index (χ0) is 17.8. The fourth-order valence-corrected chi connectivity index (χ4v) is 3.12. The molecule has 1 heterocycles. The lowest BCUT2D eigenvalue weighted by molar-refractivity contribution is -0.126. The van der Waals surface area contributed by atoms with Crippen LogP contribution in [-0.4, -0.2) is 31.0 Å². The maximum atomic E-state index is 12.8. The predicted molar refractivity (Wildman–Crippen MR) is 96.8 cm³/mol. The van der Waals surface area contributed by atoms with Gasteiger partial charge in [0.05, 0.1) is 0 Å². The number of hydrogen-bond donors (Lipinski definition) is 1. The van der Waals surface area contributed by atoms with Crippen molar-refractivity contribution in [2.45, 2.75) is 26.3 Å². The molecule has 0 spiro atoms. The summed E-state index contributed by atoms with van der Waals surface area (Å²) in [5, 5.41) is 2.81. The topological polar surface area (TPSA) is 58.6 Å². The standard InChI is InChI=1S/C20H22N2O3/c1-3-21-20(24)18-12-15-8-4-5-10-17(15)22(18)19(23)13-25-16-9-6-7-14(2)11-16/h4-11,18H,3,12-13H2,1-2H3,(H,21,24)/t18-/m0/s1. The minimum absolute atomic E-state index is 0.103. The SMILES string of the molecule is CCNC(=O)[C@@H]1Cc2ccccc2N1C(=O)COc1cccc(C)c1. The number of likely N-dealkylation sites (N-methyl/N-ethyl adjacent to an activating group) is 1. The van der Waals surface area contributed by atoms with Crippen molar-refractivity contribution in [3.05, 3.63) is 59.7 Å². The van der Waals surface area contributed by atoms with Crippen molar-refractivity contribution in [2.24, 2.45) is 0 Å². The van der Waals surface area contributed by atoms with Crippen LogP contribution in [0.3, 0.4) is 0 Å². The van der Waals surface area contributed by atoms with Crippen LogP contribution in [0.1, 0.15) is 18.1 Å². The molecule has 3 rings (SSSR count). The van der Waals surface area contributed by atoms with Crippen LogP contribution in [0.5, 0.6) is 5.75 Å². The number of fused-ring (bicyclic) bond motifs is 1. The van der Waals surface area contributed by atoms with E-state index in [0.717, 1.165) is 16.8 Å². The van der Waals surface area contributed by atoms with Gasteiger partial charge in [-0.15, -0.1) is 0 Å². The van der Waals surface area contributed by atoms with Crippen LogP contribution in [0.4, 0.5) is 5.69 Å². The quantitative estimate of drug-likeness (QED) is 0.911. The molecule has 0 unspecified atom stereocenters. The van der Waals surface area contributed by atoms with Gasteiger partial charge in [0, 0.05) is 18.7 Å². The number of aryl methyl sites for hydroxylation is 1. The van der Waals surface area contributed by atoms with Crippen molar-refractivity contribution in [2.75, 3.05) is 18.1 Å². The number of ether oxygens (including phenoxy) is 1. The number of hydrogen-bond acceptors (Lipinski definition) is 3. The molecule has 5 nitrogen and oxygen atoms in total. The minimum atomic E-state index is -0.522. The highest BCUT2D eigenvalue weighted by atomic mass is 16.5. The van der Waals surface area contributed by atoms with Gasteiger partial charge in [-0.3, -0.25) is 14.5 Å². The Bertz CT molecular complexity index is 788. The third kappa shape index (κ3) is 3.65. The van der Waals surface area contributed by atoms with Gasteiger partial charge in [-0.2, -0.15) is 0 Å². The second-order valence-electron chi connectivity index (χ2n) is 6.11. The van der Waals surface area contributed by atoms with Gasteiger partial charge in [0.2, 0.25) is 5.91 Å². The number of amides is 2. The zero-order valence-electron chi connectivity index (χ0n) is 14.5. The number of anilines is 1. The molecule has 0 aliphatic carbocycles. The van der Waals surface area contributed by atoms with Crippen molar-refractivity contribution in [3.63, 3.8) is 0 Å². The number of carbonyl (C=O) groups excluding carboxylic acids is 2. The number of benzene rings is 2. The van der Waals surface area contributed by atoms with E-state index in [1.165, 1.54) is 0 Å². The van der Waals surface area contributed by atoms with Crippen LogP contribution in [0.2, 0.25) is 0 Å². The average Bonchev–Trinajstić information content (AvgIpc) is 3.00. The van der Waals surface area contributed by atoms with Crippen LogP contribution < -0.4 is 15.0 Å². The van der Waals surface area contributed by atoms with E-state index in [2.05, 4.69) is 5.32 Å². The third-order valence-electron chi connectivity index (χ3n) is 4.25. The smallest absolute Gasteiger partial charge is 0.265 e. The van der Waals surface area contributed by atoms with Crippen LogP contribution in [0.15, 0.2) is 48.5 Å². The van der Waals surface area contributed by atoms with E-state index in [-0.39, 0.29) is 18.4 Å². The maximum Gasteiger partial charge on any atom is 0.265 e. The lowest BCUT2D eigenvalue weighted by Crippen LogP contribution is -2.49. The Labute approximate surface area is 147 Å². The Morgan fingerprint density at radius 3 is 2.76 bits per heavy atom. The first kappa shape index (κ1) is 17.0. The van der Waals surface area contributed by atoms with Crippen molar-refractivity contribution in [3.8, 4) is 5.75 Å². The van der Waals surface area contributed by atoms with Crippen LogP contribution in [0.25, 0.3) is 0 Å². The minimum Gasteiger partial charge on any atom is -0.484 e. The highest BCUT2D eigenvalue weighted by molar-refractivity contribution is 6.04. The monoisotopic (exact) mass is 338 g/mol. The van der Waals surface area contributed by atoms with E-state index in [1.54, 1.807) is 4.90 Å². The van der Waals surface area contributed by atoms with E-state index in [0.29, 0.717) is 18.7 Å². The van der Waals surface area contributed by atoms with Gasteiger partial charge in [-0.25, -0.2) is 0 Å². The molecule has 1 aliphatic rings. The van der Waals surface area contributed by atoms with E-state index >= 15 is 0 Å². The fraction of sp³-hybridized carbons (Fsp3) is 0.300. The molecule has 130 valence electrons. The van der Waals surface area contributed by atoms with Crippen molar-refractivity contribution in [1.29, 1.82) is 0 Å². The first-order valence-corrected chi connectivity index (χ1v) is 8.47. The van der Waals surface area contributed by atoms with E-state index in [9.17, 15) is 9.59 Å². The lowest BCUT2D eigenvalue weighted by atomic mass is 10.1. The lowest BCUT2D eigenvalue weighted by Gasteiger charge is -2.24. The Hall–Kier alpha value is -2.82. The summed E-state index contributed by atoms with van der Waals surface area (Å²) in [7, 11) is 0. The predicted octanol–water partition coefficient (Wildman–Crippen LogP) is 2.47. The Morgan fingerprint density at radius 2 is 2.00 bits per heavy atom. The zero-order valence-corrected chi connectivity index (χ0v) is 14.5. The number of carbonyl (C=O) groups is 2. The molecule has 1 aliphatic heterocycles. The molecule has 0 radical (unpaired) electrons. The first-order chi connectivity index (χ1) is 12.1. The molecule has 0 aromatic heterocycles. The van der Waals surface area contributed by atoms with Crippen LogP contribution in [0, 0.1) is 6.92 Å². The largest absolute Gasteiger partial charge is 0.484 e. The second-order valence-corrected chi connectivity index (χ2v) is 6.11. The molecule has 0 saturated carbocycles. The van der Waals surface area contributed by atoms with Crippen LogP contribution in [-0.2, 0) is 16.0 Å². The van der Waals surface area contributed by atoms with Crippen molar-refractivity contribution >= 4 is 17.5 Å². The van der Waals surface area contributed by atoms with Crippen molar-refractivity contribution < 1.29 is 14.3 Å². The maximum absolute atomic E-state index is 12.8. The molecule has 0 saturated heterocycles. The Morgan fingerprint density at radius 1 is 1.20 bits per heavy atom. The molecular weight excluding hydrogens is 316 g/mol. The van der Waals surface area contributed by atoms with Gasteiger partial charge in [-0.1, -0.05) is 30.3 Å². The van der Waals surface area contributed by atoms with Gasteiger partial charge in [0.15, 0.2) is 6.61 Å². The number of nitrogens with zero attached hydrogens (tertiary/aromatic N) is 1. The highest BCUT2D eigenvalue weighted by Gasteiger charge is 2.38. The molecule has 2 amide bonds. The molecule has 5 heteroatoms. The molecule has 1 atom stereocenters. The first-order valence-electron chi connectivity index (χ1n) is 8.47. The second kappa shape index (κ2) is 7.38. The van der Waals surface area contributed by atoms with Gasteiger partial charge < -0.3 is 10.1 Å². The summed E-state index contributed by atoms with van der Waals surface area (Å²) in [5.41, 5.74) is 2.86. The molecule has 0 bridgehead atoms. The number of rotatable bonds is 5. The summed E-state index contributed by atoms with van der Waals surface area (Å²) in [6.45, 7) is 4.27. The summed E-state index contributed by atoms with van der Waals surface area (Å²) in [6, 6.07) is 14.7. The number of para-hydroxylation sites is 1. The van der Waals surface area contributed by atoms with Gasteiger partial charge in [0.1, 0.15) is 11.8 Å². The average molecular weight is 338 g/mol.